The van der Waals surface area contributed by atoms with Gasteiger partial charge >= 0.3 is 0 Å². The molecule has 2 unspecified atom stereocenters. The molecule has 94 valence electrons. The van der Waals surface area contributed by atoms with E-state index in [9.17, 15) is 4.79 Å². The molecule has 0 saturated carbocycles. The van der Waals surface area contributed by atoms with Crippen LogP contribution in [0.2, 0.25) is 0 Å². The molecule has 2 atom stereocenters. The van der Waals surface area contributed by atoms with Crippen molar-refractivity contribution in [3.63, 3.8) is 0 Å². The van der Waals surface area contributed by atoms with Gasteiger partial charge in [-0.3, -0.25) is 4.79 Å². The van der Waals surface area contributed by atoms with Crippen LogP contribution < -0.4 is 5.73 Å². The second-order valence-electron chi connectivity index (χ2n) is 4.35. The summed E-state index contributed by atoms with van der Waals surface area (Å²) in [6, 6.07) is -0.176. The molecule has 1 aliphatic rings. The number of ether oxygens (including phenoxy) is 1. The average molecular weight is 238 g/mol. The smallest absolute Gasteiger partial charge is 0.147 e. The fourth-order valence-corrected chi connectivity index (χ4v) is 2.01. The Morgan fingerprint density at radius 1 is 1.65 bits per heavy atom. The zero-order chi connectivity index (χ0) is 12.3. The SMILES string of the molecule is CCCn1ncnc1CC(=O)C1COCC1N. The van der Waals surface area contributed by atoms with Crippen molar-refractivity contribution >= 4 is 5.78 Å². The minimum atomic E-state index is -0.193. The van der Waals surface area contributed by atoms with Gasteiger partial charge in [0.05, 0.1) is 25.6 Å². The molecule has 6 heteroatoms. The van der Waals surface area contributed by atoms with E-state index >= 15 is 0 Å². The van der Waals surface area contributed by atoms with Crippen molar-refractivity contribution in [1.82, 2.24) is 14.8 Å². The maximum atomic E-state index is 12.0. The molecule has 2 N–H and O–H groups in total. The molecular formula is C11H18N4O2. The molecule has 17 heavy (non-hydrogen) atoms. The second kappa shape index (κ2) is 5.37. The third-order valence-electron chi connectivity index (χ3n) is 3.00. The van der Waals surface area contributed by atoms with Crippen LogP contribution in [0.25, 0.3) is 0 Å². The molecule has 2 rings (SSSR count). The lowest BCUT2D eigenvalue weighted by Crippen LogP contribution is -2.35. The van der Waals surface area contributed by atoms with E-state index in [1.807, 2.05) is 0 Å². The van der Waals surface area contributed by atoms with Crippen molar-refractivity contribution in [1.29, 1.82) is 0 Å². The van der Waals surface area contributed by atoms with Gasteiger partial charge in [-0.2, -0.15) is 5.10 Å². The lowest BCUT2D eigenvalue weighted by molar-refractivity contribution is -0.122. The van der Waals surface area contributed by atoms with Gasteiger partial charge in [0.2, 0.25) is 0 Å². The van der Waals surface area contributed by atoms with E-state index in [0.29, 0.717) is 19.6 Å². The Morgan fingerprint density at radius 3 is 3.12 bits per heavy atom. The van der Waals surface area contributed by atoms with Gasteiger partial charge in [0.15, 0.2) is 0 Å². The predicted octanol–water partition coefficient (Wildman–Crippen LogP) is -0.227. The molecule has 1 aromatic rings. The van der Waals surface area contributed by atoms with Crippen molar-refractivity contribution < 1.29 is 9.53 Å². The number of Topliss-reactive ketones (excluding diaryl/α,β-unsaturated/α-hetero) is 1. The summed E-state index contributed by atoms with van der Waals surface area (Å²) in [4.78, 5) is 16.2. The van der Waals surface area contributed by atoms with Gasteiger partial charge in [0.25, 0.3) is 0 Å². The molecule has 6 nitrogen and oxygen atoms in total. The van der Waals surface area contributed by atoms with E-state index in [1.165, 1.54) is 6.33 Å². The van der Waals surface area contributed by atoms with E-state index in [0.717, 1.165) is 18.8 Å². The molecule has 1 saturated heterocycles. The van der Waals surface area contributed by atoms with E-state index in [4.69, 9.17) is 10.5 Å². The number of hydrogen-bond donors (Lipinski definition) is 1. The zero-order valence-corrected chi connectivity index (χ0v) is 10.0. The summed E-state index contributed by atoms with van der Waals surface area (Å²) in [5, 5.41) is 4.10. The summed E-state index contributed by atoms with van der Waals surface area (Å²) in [6.45, 7) is 3.75. The van der Waals surface area contributed by atoms with E-state index in [-0.39, 0.29) is 17.7 Å². The number of aromatic nitrogens is 3. The monoisotopic (exact) mass is 238 g/mol. The van der Waals surface area contributed by atoms with Gasteiger partial charge in [-0.05, 0) is 6.42 Å². The lowest BCUT2D eigenvalue weighted by atomic mass is 9.97. The third kappa shape index (κ3) is 2.70. The van der Waals surface area contributed by atoms with Crippen molar-refractivity contribution in [2.45, 2.75) is 32.4 Å². The van der Waals surface area contributed by atoms with E-state index in [2.05, 4.69) is 17.0 Å². The first-order valence-corrected chi connectivity index (χ1v) is 5.95. The topological polar surface area (TPSA) is 83.0 Å². The summed E-state index contributed by atoms with van der Waals surface area (Å²) in [5.74, 6) is 0.623. The second-order valence-corrected chi connectivity index (χ2v) is 4.35. The molecule has 0 spiro atoms. The van der Waals surface area contributed by atoms with Crippen LogP contribution in [-0.2, 0) is 22.5 Å². The number of hydrogen-bond acceptors (Lipinski definition) is 5. The molecule has 1 fully saturated rings. The maximum Gasteiger partial charge on any atom is 0.147 e. The third-order valence-corrected chi connectivity index (χ3v) is 3.00. The molecule has 0 aromatic carbocycles. The molecular weight excluding hydrogens is 220 g/mol. The minimum absolute atomic E-state index is 0.0975. The van der Waals surface area contributed by atoms with Crippen molar-refractivity contribution in [3.8, 4) is 0 Å². The zero-order valence-electron chi connectivity index (χ0n) is 10.0. The fourth-order valence-electron chi connectivity index (χ4n) is 2.01. The van der Waals surface area contributed by atoms with Crippen LogP contribution in [0.4, 0.5) is 0 Å². The first-order valence-electron chi connectivity index (χ1n) is 5.95. The molecule has 0 amide bonds. The number of rotatable bonds is 5. The predicted molar refractivity (Wildman–Crippen MR) is 61.3 cm³/mol. The van der Waals surface area contributed by atoms with Gasteiger partial charge in [-0.25, -0.2) is 9.67 Å². The first-order chi connectivity index (χ1) is 8.22. The molecule has 0 radical (unpaired) electrons. The first kappa shape index (κ1) is 12.2. The Morgan fingerprint density at radius 2 is 2.47 bits per heavy atom. The van der Waals surface area contributed by atoms with Gasteiger partial charge in [0, 0.05) is 12.6 Å². The van der Waals surface area contributed by atoms with Gasteiger partial charge < -0.3 is 10.5 Å². The Labute approximate surface area is 100 Å². The van der Waals surface area contributed by atoms with E-state index < -0.39 is 0 Å². The Kier molecular flexibility index (Phi) is 3.86. The highest BCUT2D eigenvalue weighted by Gasteiger charge is 2.31. The molecule has 0 bridgehead atoms. The average Bonchev–Trinajstić information content (AvgIpc) is 2.89. The van der Waals surface area contributed by atoms with Crippen molar-refractivity contribution in [2.75, 3.05) is 13.2 Å². The maximum absolute atomic E-state index is 12.0. The van der Waals surface area contributed by atoms with Gasteiger partial charge in [-0.15, -0.1) is 0 Å². The van der Waals surface area contributed by atoms with Crippen LogP contribution in [0, 0.1) is 5.92 Å². The van der Waals surface area contributed by atoms with Crippen LogP contribution in [0.15, 0.2) is 6.33 Å². The fraction of sp³-hybridized carbons (Fsp3) is 0.727. The Hall–Kier alpha value is -1.27. The highest BCUT2D eigenvalue weighted by atomic mass is 16.5. The van der Waals surface area contributed by atoms with E-state index in [1.54, 1.807) is 4.68 Å². The molecule has 2 heterocycles. The quantitative estimate of drug-likeness (QED) is 0.766. The highest BCUT2D eigenvalue weighted by molar-refractivity contribution is 5.83. The standard InChI is InChI=1S/C11H18N4O2/c1-2-3-15-11(13-7-14-15)4-10(16)8-5-17-6-9(8)12/h7-9H,2-6,12H2,1H3. The highest BCUT2D eigenvalue weighted by Crippen LogP contribution is 2.14. The summed E-state index contributed by atoms with van der Waals surface area (Å²) < 4.78 is 6.98. The normalized spacial score (nSPS) is 24.1. The summed E-state index contributed by atoms with van der Waals surface area (Å²) in [5.41, 5.74) is 5.82. The summed E-state index contributed by atoms with van der Waals surface area (Å²) >= 11 is 0. The Bertz CT molecular complexity index is 391. The lowest BCUT2D eigenvalue weighted by Gasteiger charge is -2.11. The number of carbonyl (C=O) groups is 1. The number of nitrogens with two attached hydrogens (primary N) is 1. The van der Waals surface area contributed by atoms with Crippen molar-refractivity contribution in [2.24, 2.45) is 11.7 Å². The van der Waals surface area contributed by atoms with Crippen LogP contribution in [-0.4, -0.2) is 39.8 Å². The largest absolute Gasteiger partial charge is 0.379 e. The van der Waals surface area contributed by atoms with Crippen molar-refractivity contribution in [3.05, 3.63) is 12.2 Å². The minimum Gasteiger partial charge on any atom is -0.379 e. The van der Waals surface area contributed by atoms with Crippen LogP contribution in [0.1, 0.15) is 19.2 Å². The number of nitrogens with zero attached hydrogens (tertiary/aromatic N) is 3. The molecule has 0 aliphatic carbocycles. The van der Waals surface area contributed by atoms with Gasteiger partial charge in [0.1, 0.15) is 17.9 Å². The van der Waals surface area contributed by atoms with Gasteiger partial charge in [-0.1, -0.05) is 6.92 Å². The number of aryl methyl sites for hydroxylation is 1. The Balaban J connectivity index is 2.00. The van der Waals surface area contributed by atoms with Crippen LogP contribution >= 0.6 is 0 Å². The summed E-state index contributed by atoms with van der Waals surface area (Å²) in [6.07, 6.45) is 2.75. The van der Waals surface area contributed by atoms with Crippen LogP contribution in [0.5, 0.6) is 0 Å². The summed E-state index contributed by atoms with van der Waals surface area (Å²) in [7, 11) is 0. The number of carbonyl (C=O) groups excluding carboxylic acids is 1. The van der Waals surface area contributed by atoms with Crippen LogP contribution in [0.3, 0.4) is 0 Å². The molecule has 1 aromatic heterocycles. The molecule has 1 aliphatic heterocycles. The number of ketones is 1.